The van der Waals surface area contributed by atoms with E-state index in [0.29, 0.717) is 5.69 Å². The number of benzene rings is 1. The summed E-state index contributed by atoms with van der Waals surface area (Å²) in [5.41, 5.74) is 1.40. The van der Waals surface area contributed by atoms with Crippen molar-refractivity contribution in [1.82, 2.24) is 0 Å². The van der Waals surface area contributed by atoms with Crippen LogP contribution in [0.3, 0.4) is 0 Å². The lowest BCUT2D eigenvalue weighted by Gasteiger charge is -1.95. The van der Waals surface area contributed by atoms with E-state index in [1.165, 1.54) is 12.1 Å². The molecule has 16 heavy (non-hydrogen) atoms. The Kier molecular flexibility index (Phi) is 4.45. The molecule has 0 unspecified atom stereocenters. The van der Waals surface area contributed by atoms with Gasteiger partial charge in [0.1, 0.15) is 0 Å². The second-order valence-electron chi connectivity index (χ2n) is 2.94. The van der Waals surface area contributed by atoms with Crippen LogP contribution in [0.1, 0.15) is 13.8 Å². The van der Waals surface area contributed by atoms with Crippen LogP contribution in [0.25, 0.3) is 11.3 Å². The molecule has 0 saturated heterocycles. The summed E-state index contributed by atoms with van der Waals surface area (Å²) in [5, 5.41) is 9.42. The highest BCUT2D eigenvalue weighted by Gasteiger charge is 2.12. The van der Waals surface area contributed by atoms with Gasteiger partial charge < -0.3 is 0 Å². The number of nitrogens with zero attached hydrogens (tertiary/aromatic N) is 1. The van der Waals surface area contributed by atoms with Crippen molar-refractivity contribution in [1.29, 1.82) is 0 Å². The Morgan fingerprint density at radius 3 is 2.19 bits per heavy atom. The first kappa shape index (κ1) is 12.2. The van der Waals surface area contributed by atoms with Gasteiger partial charge in [-0.15, -0.1) is 0 Å². The smallest absolute Gasteiger partial charge is 0.264 e. The third kappa shape index (κ3) is 2.79. The zero-order valence-electron chi connectivity index (χ0n) is 9.39. The Morgan fingerprint density at radius 1 is 1.00 bits per heavy atom. The van der Waals surface area contributed by atoms with Gasteiger partial charge in [-0.1, -0.05) is 32.0 Å². The maximum Gasteiger partial charge on any atom is 0.264 e. The van der Waals surface area contributed by atoms with E-state index in [2.05, 4.69) is 0 Å². The molecule has 3 heteroatoms. The van der Waals surface area contributed by atoms with Crippen molar-refractivity contribution in [2.75, 3.05) is 0 Å². The van der Waals surface area contributed by atoms with Crippen molar-refractivity contribution in [3.8, 4) is 11.3 Å². The molecule has 0 atom stereocenters. The number of halogens is 1. The van der Waals surface area contributed by atoms with Crippen molar-refractivity contribution in [2.45, 2.75) is 13.8 Å². The summed E-state index contributed by atoms with van der Waals surface area (Å²) in [7, 11) is 0. The molecule has 2 nitrogen and oxygen atoms in total. The minimum atomic E-state index is -0.466. The Labute approximate surface area is 94.6 Å². The monoisotopic (exact) mass is 220 g/mol. The van der Waals surface area contributed by atoms with Crippen LogP contribution in [0.2, 0.25) is 0 Å². The first-order valence-corrected chi connectivity index (χ1v) is 5.23. The molecular formula is C13H15FNO+. The third-order valence-corrected chi connectivity index (χ3v) is 1.96. The molecule has 0 bridgehead atoms. The fourth-order valence-corrected chi connectivity index (χ4v) is 1.30. The second-order valence-corrected chi connectivity index (χ2v) is 2.94. The number of rotatable bonds is 1. The maximum absolute atomic E-state index is 12.7. The molecule has 0 fully saturated rings. The predicted octanol–water partition coefficient (Wildman–Crippen LogP) is 3.04. The number of pyridine rings is 1. The standard InChI is InChI=1S/C11H9FNO.C2H6/c12-10-6-7-11(13(14)8-10)9-4-2-1-3-5-9;1-2/h1-8,14H;1-2H3/q+1;. The van der Waals surface area contributed by atoms with Crippen molar-refractivity contribution in [3.63, 3.8) is 0 Å². The minimum Gasteiger partial charge on any atom is -0.284 e. The fourth-order valence-electron chi connectivity index (χ4n) is 1.30. The molecule has 0 spiro atoms. The molecule has 0 aliphatic carbocycles. The highest BCUT2D eigenvalue weighted by Crippen LogP contribution is 2.13. The SMILES string of the molecule is CC.O[n+]1cc(F)ccc1-c1ccccc1. The van der Waals surface area contributed by atoms with E-state index >= 15 is 0 Å². The van der Waals surface area contributed by atoms with Crippen LogP contribution < -0.4 is 4.73 Å². The van der Waals surface area contributed by atoms with Gasteiger partial charge in [0.05, 0.1) is 5.56 Å². The molecule has 84 valence electrons. The molecule has 0 saturated carbocycles. The Bertz CT molecular complexity index is 443. The average molecular weight is 220 g/mol. The van der Waals surface area contributed by atoms with Gasteiger partial charge in [0.15, 0.2) is 5.82 Å². The van der Waals surface area contributed by atoms with Crippen molar-refractivity contribution >= 4 is 0 Å². The molecule has 1 aromatic carbocycles. The van der Waals surface area contributed by atoms with E-state index in [1.807, 2.05) is 44.2 Å². The zero-order chi connectivity index (χ0) is 12.0. The van der Waals surface area contributed by atoms with E-state index in [-0.39, 0.29) is 0 Å². The van der Waals surface area contributed by atoms with Gasteiger partial charge in [-0.3, -0.25) is 5.21 Å². The lowest BCUT2D eigenvalue weighted by molar-refractivity contribution is -0.897. The zero-order valence-corrected chi connectivity index (χ0v) is 9.39. The molecular weight excluding hydrogens is 205 g/mol. The molecule has 0 amide bonds. The summed E-state index contributed by atoms with van der Waals surface area (Å²) in [5.74, 6) is -0.466. The van der Waals surface area contributed by atoms with Crippen LogP contribution in [0.15, 0.2) is 48.7 Å². The van der Waals surface area contributed by atoms with Gasteiger partial charge in [0, 0.05) is 10.8 Å². The lowest BCUT2D eigenvalue weighted by Crippen LogP contribution is -2.32. The molecule has 1 N–H and O–H groups in total. The lowest BCUT2D eigenvalue weighted by atomic mass is 10.1. The maximum atomic E-state index is 12.7. The topological polar surface area (TPSA) is 24.1 Å². The van der Waals surface area contributed by atoms with E-state index in [0.717, 1.165) is 16.5 Å². The van der Waals surface area contributed by atoms with E-state index in [9.17, 15) is 9.60 Å². The van der Waals surface area contributed by atoms with Crippen LogP contribution in [0, 0.1) is 5.82 Å². The van der Waals surface area contributed by atoms with Crippen molar-refractivity contribution in [3.05, 3.63) is 54.5 Å². The van der Waals surface area contributed by atoms with E-state index in [1.54, 1.807) is 0 Å². The van der Waals surface area contributed by atoms with Crippen LogP contribution in [0.4, 0.5) is 4.39 Å². The Morgan fingerprint density at radius 2 is 1.62 bits per heavy atom. The first-order valence-electron chi connectivity index (χ1n) is 5.23. The Balaban J connectivity index is 0.000000606. The summed E-state index contributed by atoms with van der Waals surface area (Å²) in [6.45, 7) is 4.00. The van der Waals surface area contributed by atoms with Gasteiger partial charge in [0.2, 0.25) is 0 Å². The van der Waals surface area contributed by atoms with Crippen molar-refractivity contribution in [2.24, 2.45) is 0 Å². The van der Waals surface area contributed by atoms with Gasteiger partial charge in [-0.2, -0.15) is 0 Å². The second kappa shape index (κ2) is 5.85. The fraction of sp³-hybridized carbons (Fsp3) is 0.154. The highest BCUT2D eigenvalue weighted by molar-refractivity contribution is 5.55. The average Bonchev–Trinajstić information content (AvgIpc) is 2.33. The molecule has 2 aromatic rings. The van der Waals surface area contributed by atoms with Gasteiger partial charge in [-0.05, 0) is 18.2 Å². The molecule has 0 radical (unpaired) electrons. The van der Waals surface area contributed by atoms with Gasteiger partial charge in [0.25, 0.3) is 11.9 Å². The first-order chi connectivity index (χ1) is 7.77. The van der Waals surface area contributed by atoms with Crippen LogP contribution in [-0.4, -0.2) is 5.21 Å². The Hall–Kier alpha value is -1.90. The van der Waals surface area contributed by atoms with E-state index in [4.69, 9.17) is 0 Å². The molecule has 0 aliphatic rings. The molecule has 0 aliphatic heterocycles. The van der Waals surface area contributed by atoms with Crippen LogP contribution in [-0.2, 0) is 0 Å². The minimum absolute atomic E-state index is 0.466. The summed E-state index contributed by atoms with van der Waals surface area (Å²) < 4.78 is 13.5. The largest absolute Gasteiger partial charge is 0.284 e. The molecule has 1 aromatic heterocycles. The summed E-state index contributed by atoms with van der Waals surface area (Å²) in [6, 6.07) is 12.1. The van der Waals surface area contributed by atoms with Crippen molar-refractivity contribution < 1.29 is 14.3 Å². The molecule has 1 heterocycles. The van der Waals surface area contributed by atoms with Crippen LogP contribution >= 0.6 is 0 Å². The normalized spacial score (nSPS) is 9.19. The van der Waals surface area contributed by atoms with Crippen LogP contribution in [0.5, 0.6) is 0 Å². The highest BCUT2D eigenvalue weighted by atomic mass is 19.1. The summed E-state index contributed by atoms with van der Waals surface area (Å²) in [4.78, 5) is 0. The summed E-state index contributed by atoms with van der Waals surface area (Å²) in [6.07, 6.45) is 1.03. The number of aromatic nitrogens is 1. The quantitative estimate of drug-likeness (QED) is 0.579. The third-order valence-electron chi connectivity index (χ3n) is 1.96. The van der Waals surface area contributed by atoms with E-state index < -0.39 is 5.82 Å². The summed E-state index contributed by atoms with van der Waals surface area (Å²) >= 11 is 0. The van der Waals surface area contributed by atoms with Gasteiger partial charge >= 0.3 is 0 Å². The number of hydrogen-bond donors (Lipinski definition) is 1. The van der Waals surface area contributed by atoms with Gasteiger partial charge in [-0.25, -0.2) is 4.39 Å². The number of hydrogen-bond acceptors (Lipinski definition) is 1. The predicted molar refractivity (Wildman–Crippen MR) is 60.6 cm³/mol. The molecule has 2 rings (SSSR count).